The summed E-state index contributed by atoms with van der Waals surface area (Å²) in [6.45, 7) is 0. The highest BCUT2D eigenvalue weighted by Gasteiger charge is 2.09. The summed E-state index contributed by atoms with van der Waals surface area (Å²) in [6, 6.07) is 7.93. The Morgan fingerprint density at radius 1 is 1.46 bits per heavy atom. The van der Waals surface area contributed by atoms with Crippen molar-refractivity contribution < 1.29 is 4.74 Å². The fourth-order valence-corrected chi connectivity index (χ4v) is 2.51. The van der Waals surface area contributed by atoms with Crippen LogP contribution >= 0.6 is 22.9 Å². The first-order valence-corrected chi connectivity index (χ1v) is 5.48. The lowest BCUT2D eigenvalue weighted by molar-refractivity contribution is 0.415. The van der Waals surface area contributed by atoms with Crippen LogP contribution in [0.25, 0.3) is 10.6 Å². The van der Waals surface area contributed by atoms with Gasteiger partial charge in [-0.15, -0.1) is 0 Å². The first-order valence-electron chi connectivity index (χ1n) is 3.77. The summed E-state index contributed by atoms with van der Waals surface area (Å²) in [5, 5.41) is 1.05. The molecule has 0 spiro atoms. The second-order valence-electron chi connectivity index (χ2n) is 2.45. The molecule has 1 aromatic carbocycles. The second kappa shape index (κ2) is 3.81. The standard InChI is InChI=1S/C9H8NOS2/c1-11-8-4-2-3-7(5-8)9-10-13-6-12-9/h2-6H,1H3/q+1. The minimum atomic E-state index is 0.873. The van der Waals surface area contributed by atoms with E-state index in [-0.39, 0.29) is 0 Å². The van der Waals surface area contributed by atoms with Crippen LogP contribution in [0.5, 0.6) is 5.75 Å². The third-order valence-corrected chi connectivity index (χ3v) is 3.34. The number of rotatable bonds is 2. The van der Waals surface area contributed by atoms with E-state index >= 15 is 0 Å². The third kappa shape index (κ3) is 1.84. The summed E-state index contributed by atoms with van der Waals surface area (Å²) in [4.78, 5) is 0. The maximum absolute atomic E-state index is 5.13. The maximum atomic E-state index is 5.13. The average Bonchev–Trinajstić information content (AvgIpc) is 2.71. The Hall–Kier alpha value is -1.00. The van der Waals surface area contributed by atoms with Crippen molar-refractivity contribution in [2.45, 2.75) is 0 Å². The molecule has 1 heterocycles. The fourth-order valence-electron chi connectivity index (χ4n) is 1.03. The number of benzene rings is 1. The molecule has 0 unspecified atom stereocenters. The van der Waals surface area contributed by atoms with Crippen molar-refractivity contribution >= 4 is 22.9 Å². The van der Waals surface area contributed by atoms with Gasteiger partial charge in [-0.3, -0.25) is 0 Å². The number of methoxy groups -OCH3 is 1. The lowest BCUT2D eigenvalue weighted by Crippen LogP contribution is -1.82. The summed E-state index contributed by atoms with van der Waals surface area (Å²) < 4.78 is 11.4. The van der Waals surface area contributed by atoms with Crippen molar-refractivity contribution in [1.82, 2.24) is 4.37 Å². The quantitative estimate of drug-likeness (QED) is 0.710. The minimum absolute atomic E-state index is 0.873. The normalized spacial score (nSPS) is 9.92. The fraction of sp³-hybridized carbons (Fsp3) is 0.111. The van der Waals surface area contributed by atoms with Crippen LogP contribution in [0.4, 0.5) is 0 Å². The molecule has 2 nitrogen and oxygen atoms in total. The van der Waals surface area contributed by atoms with E-state index in [0.29, 0.717) is 0 Å². The first-order chi connectivity index (χ1) is 6.40. The molecule has 0 bridgehead atoms. The molecule has 66 valence electrons. The van der Waals surface area contributed by atoms with Gasteiger partial charge < -0.3 is 4.74 Å². The largest absolute Gasteiger partial charge is 0.497 e. The predicted molar refractivity (Wildman–Crippen MR) is 56.4 cm³/mol. The molecule has 0 saturated heterocycles. The highest BCUT2D eigenvalue weighted by atomic mass is 32.2. The molecule has 2 aromatic rings. The molecule has 2 rings (SSSR count). The Balaban J connectivity index is 2.41. The summed E-state index contributed by atoms with van der Waals surface area (Å²) in [5.74, 6) is 0.873. The smallest absolute Gasteiger partial charge is 0.268 e. The van der Waals surface area contributed by atoms with Gasteiger partial charge in [0.15, 0.2) is 0 Å². The molecule has 0 aliphatic rings. The Labute approximate surface area is 84.6 Å². The Morgan fingerprint density at radius 3 is 3.08 bits per heavy atom. The van der Waals surface area contributed by atoms with Gasteiger partial charge in [0, 0.05) is 5.56 Å². The van der Waals surface area contributed by atoms with E-state index in [1.54, 1.807) is 18.4 Å². The van der Waals surface area contributed by atoms with E-state index in [0.717, 1.165) is 16.3 Å². The Kier molecular flexibility index (Phi) is 2.52. The van der Waals surface area contributed by atoms with Gasteiger partial charge in [0.2, 0.25) is 11.5 Å². The SMILES string of the molecule is COc1cccc(-c2nsc[s+]2)c1. The molecule has 0 aliphatic heterocycles. The summed E-state index contributed by atoms with van der Waals surface area (Å²) in [6.07, 6.45) is 0. The van der Waals surface area contributed by atoms with Gasteiger partial charge >= 0.3 is 0 Å². The molecule has 13 heavy (non-hydrogen) atoms. The second-order valence-corrected chi connectivity index (χ2v) is 4.23. The van der Waals surface area contributed by atoms with E-state index in [2.05, 4.69) is 4.37 Å². The zero-order valence-electron chi connectivity index (χ0n) is 7.06. The van der Waals surface area contributed by atoms with Crippen LogP contribution < -0.4 is 4.74 Å². The number of nitrogens with zero attached hydrogens (tertiary/aromatic N) is 1. The number of hydrogen-bond acceptors (Lipinski definition) is 3. The van der Waals surface area contributed by atoms with E-state index in [1.165, 1.54) is 11.5 Å². The van der Waals surface area contributed by atoms with Crippen molar-refractivity contribution in [2.24, 2.45) is 0 Å². The van der Waals surface area contributed by atoms with Gasteiger partial charge in [-0.05, 0) is 22.6 Å². The van der Waals surface area contributed by atoms with Gasteiger partial charge in [-0.25, -0.2) is 0 Å². The van der Waals surface area contributed by atoms with Crippen molar-refractivity contribution in [3.8, 4) is 16.3 Å². The minimum Gasteiger partial charge on any atom is -0.497 e. The molecule has 0 N–H and O–H groups in total. The monoisotopic (exact) mass is 210 g/mol. The number of ether oxygens (including phenoxy) is 1. The summed E-state index contributed by atoms with van der Waals surface area (Å²) in [5.41, 5.74) is 1.12. The van der Waals surface area contributed by atoms with Crippen LogP contribution in [0, 0.1) is 0 Å². The van der Waals surface area contributed by atoms with Crippen molar-refractivity contribution in [2.75, 3.05) is 7.11 Å². The molecule has 0 amide bonds. The summed E-state index contributed by atoms with van der Waals surface area (Å²) in [7, 11) is 1.67. The molecular formula is C9H8NOS2+. The first kappa shape index (κ1) is 8.59. The highest BCUT2D eigenvalue weighted by Crippen LogP contribution is 2.26. The number of aromatic nitrogens is 1. The van der Waals surface area contributed by atoms with Crippen LogP contribution in [-0.2, 0) is 0 Å². The number of hydrogen-bond donors (Lipinski definition) is 0. The van der Waals surface area contributed by atoms with Crippen LogP contribution in [0.2, 0.25) is 0 Å². The van der Waals surface area contributed by atoms with Crippen molar-refractivity contribution in [3.05, 3.63) is 29.0 Å². The highest BCUT2D eigenvalue weighted by molar-refractivity contribution is 7.26. The Morgan fingerprint density at radius 2 is 2.38 bits per heavy atom. The third-order valence-electron chi connectivity index (χ3n) is 1.66. The molecule has 0 radical (unpaired) electrons. The Bertz CT molecular complexity index is 386. The zero-order chi connectivity index (χ0) is 9.10. The summed E-state index contributed by atoms with van der Waals surface area (Å²) >= 11 is 3.12. The van der Waals surface area contributed by atoms with Crippen LogP contribution in [0.3, 0.4) is 0 Å². The van der Waals surface area contributed by atoms with E-state index in [4.69, 9.17) is 4.74 Å². The molecule has 4 heteroatoms. The molecule has 0 saturated carbocycles. The van der Waals surface area contributed by atoms with Crippen LogP contribution in [-0.4, -0.2) is 11.5 Å². The van der Waals surface area contributed by atoms with Gasteiger partial charge in [0.25, 0.3) is 9.70 Å². The van der Waals surface area contributed by atoms with E-state index in [9.17, 15) is 0 Å². The average molecular weight is 210 g/mol. The van der Waals surface area contributed by atoms with Crippen LogP contribution in [0.1, 0.15) is 0 Å². The lowest BCUT2D eigenvalue weighted by atomic mass is 10.2. The zero-order valence-corrected chi connectivity index (χ0v) is 8.69. The molecule has 0 atom stereocenters. The molecule has 0 aliphatic carbocycles. The predicted octanol–water partition coefficient (Wildman–Crippen LogP) is 3.16. The van der Waals surface area contributed by atoms with Crippen LogP contribution in [0.15, 0.2) is 29.0 Å². The molecular weight excluding hydrogens is 202 g/mol. The van der Waals surface area contributed by atoms with Gasteiger partial charge in [-0.1, -0.05) is 6.07 Å². The topological polar surface area (TPSA) is 22.1 Å². The maximum Gasteiger partial charge on any atom is 0.268 e. The lowest BCUT2D eigenvalue weighted by Gasteiger charge is -1.98. The van der Waals surface area contributed by atoms with E-state index < -0.39 is 0 Å². The van der Waals surface area contributed by atoms with Gasteiger partial charge in [-0.2, -0.15) is 0 Å². The van der Waals surface area contributed by atoms with E-state index in [1.807, 2.05) is 29.0 Å². The van der Waals surface area contributed by atoms with Gasteiger partial charge in [0.05, 0.1) is 7.11 Å². The molecule has 1 aromatic heterocycles. The molecule has 0 fully saturated rings. The van der Waals surface area contributed by atoms with Gasteiger partial charge in [0.1, 0.15) is 17.1 Å². The van der Waals surface area contributed by atoms with Crippen molar-refractivity contribution in [3.63, 3.8) is 0 Å². The van der Waals surface area contributed by atoms with Crippen molar-refractivity contribution in [1.29, 1.82) is 0 Å².